The molecule has 0 amide bonds. The van der Waals surface area contributed by atoms with E-state index in [9.17, 15) is 14.4 Å². The lowest BCUT2D eigenvalue weighted by molar-refractivity contribution is -0.172. The van der Waals surface area contributed by atoms with Gasteiger partial charge in [-0.05, 0) is 37.1 Å². The lowest BCUT2D eigenvalue weighted by Gasteiger charge is -2.56. The average Bonchev–Trinajstić information content (AvgIpc) is 2.75. The number of hydrogen-bond donors (Lipinski definition) is 0. The Bertz CT molecular complexity index is 969. The second-order valence-electron chi connectivity index (χ2n) is 7.75. The predicted octanol–water partition coefficient (Wildman–Crippen LogP) is 4.28. The highest BCUT2D eigenvalue weighted by Crippen LogP contribution is 2.60. The van der Waals surface area contributed by atoms with Gasteiger partial charge in [-0.1, -0.05) is 54.6 Å². The van der Waals surface area contributed by atoms with E-state index in [1.165, 1.54) is 0 Å². The molecule has 0 N–H and O–H groups in total. The Morgan fingerprint density at radius 1 is 1.07 bits per heavy atom. The molecule has 1 unspecified atom stereocenters. The van der Waals surface area contributed by atoms with E-state index in [1.807, 2.05) is 66.7 Å². The van der Waals surface area contributed by atoms with Crippen LogP contribution in [0.3, 0.4) is 0 Å². The molecule has 2 aromatic rings. The Morgan fingerprint density at radius 2 is 1.73 bits per heavy atom. The van der Waals surface area contributed by atoms with Crippen LogP contribution in [0.2, 0.25) is 0 Å². The molecule has 0 aromatic heterocycles. The van der Waals surface area contributed by atoms with Gasteiger partial charge in [0.15, 0.2) is 11.6 Å². The van der Waals surface area contributed by atoms with Crippen molar-refractivity contribution in [3.8, 4) is 0 Å². The van der Waals surface area contributed by atoms with Crippen molar-refractivity contribution in [2.75, 3.05) is 6.61 Å². The quantitative estimate of drug-likeness (QED) is 0.516. The molecule has 2 aromatic carbocycles. The van der Waals surface area contributed by atoms with Crippen molar-refractivity contribution < 1.29 is 19.1 Å². The monoisotopic (exact) mass is 420 g/mol. The van der Waals surface area contributed by atoms with Gasteiger partial charge in [0, 0.05) is 27.9 Å². The van der Waals surface area contributed by atoms with Gasteiger partial charge in [0.2, 0.25) is 0 Å². The van der Waals surface area contributed by atoms with E-state index < -0.39 is 17.3 Å². The number of ketones is 2. The van der Waals surface area contributed by atoms with Crippen molar-refractivity contribution >= 4 is 29.3 Å². The fourth-order valence-corrected chi connectivity index (χ4v) is 6.15. The minimum Gasteiger partial charge on any atom is -0.465 e. The van der Waals surface area contributed by atoms with Crippen molar-refractivity contribution in [2.24, 2.45) is 17.3 Å². The third-order valence-electron chi connectivity index (χ3n) is 6.06. The molecular formula is C25H24O4S. The molecule has 0 saturated heterocycles. The van der Waals surface area contributed by atoms with Gasteiger partial charge in [-0.25, -0.2) is 0 Å². The highest BCUT2D eigenvalue weighted by atomic mass is 32.2. The minimum absolute atomic E-state index is 0.0227. The highest BCUT2D eigenvalue weighted by molar-refractivity contribution is 8.00. The van der Waals surface area contributed by atoms with Gasteiger partial charge in [-0.15, -0.1) is 11.8 Å². The van der Waals surface area contributed by atoms with Gasteiger partial charge in [-0.2, -0.15) is 0 Å². The molecule has 154 valence electrons. The van der Waals surface area contributed by atoms with E-state index in [0.717, 1.165) is 10.5 Å². The molecule has 4 rings (SSSR count). The van der Waals surface area contributed by atoms with Crippen molar-refractivity contribution in [3.63, 3.8) is 0 Å². The van der Waals surface area contributed by atoms with Gasteiger partial charge < -0.3 is 4.74 Å². The van der Waals surface area contributed by atoms with Crippen LogP contribution in [0.25, 0.3) is 0 Å². The zero-order valence-electron chi connectivity index (χ0n) is 16.8. The molecule has 4 nitrogen and oxygen atoms in total. The summed E-state index contributed by atoms with van der Waals surface area (Å²) < 4.78 is 5.28. The van der Waals surface area contributed by atoms with Crippen LogP contribution in [-0.4, -0.2) is 29.4 Å². The van der Waals surface area contributed by atoms with Crippen molar-refractivity contribution in [1.29, 1.82) is 0 Å². The summed E-state index contributed by atoms with van der Waals surface area (Å²) in [6, 6.07) is 19.7. The molecule has 5 heteroatoms. The van der Waals surface area contributed by atoms with Crippen LogP contribution in [0.15, 0.2) is 77.7 Å². The van der Waals surface area contributed by atoms with Crippen LogP contribution < -0.4 is 0 Å². The summed E-state index contributed by atoms with van der Waals surface area (Å²) >= 11 is 1.57. The van der Waals surface area contributed by atoms with E-state index in [4.69, 9.17) is 4.74 Å². The van der Waals surface area contributed by atoms with Crippen molar-refractivity contribution in [1.82, 2.24) is 0 Å². The topological polar surface area (TPSA) is 60.4 Å². The van der Waals surface area contributed by atoms with Crippen LogP contribution in [0, 0.1) is 17.3 Å². The first-order valence-corrected chi connectivity index (χ1v) is 11.1. The number of allylic oxidation sites excluding steroid dienone is 2. The summed E-state index contributed by atoms with van der Waals surface area (Å²) in [5.41, 5.74) is 0.319. The Kier molecular flexibility index (Phi) is 5.91. The molecule has 2 aliphatic carbocycles. The number of rotatable bonds is 6. The van der Waals surface area contributed by atoms with Crippen molar-refractivity contribution in [3.05, 3.63) is 78.4 Å². The van der Waals surface area contributed by atoms with E-state index >= 15 is 0 Å². The molecule has 1 fully saturated rings. The van der Waals surface area contributed by atoms with Gasteiger partial charge >= 0.3 is 5.97 Å². The van der Waals surface area contributed by atoms with Gasteiger partial charge in [0.25, 0.3) is 0 Å². The molecular weight excluding hydrogens is 396 g/mol. The van der Waals surface area contributed by atoms with Crippen molar-refractivity contribution in [2.45, 2.75) is 29.9 Å². The summed E-state index contributed by atoms with van der Waals surface area (Å²) in [6.07, 6.45) is 4.22. The van der Waals surface area contributed by atoms with Gasteiger partial charge in [0.05, 0.1) is 6.61 Å². The number of carbonyl (C=O) groups excluding carboxylic acids is 3. The standard InChI is InChI=1S/C25H24O4S/c1-2-29-24(28)22-23(27)20(15-17-9-5-3-6-10-17)25(22)14-13-18(26)16-21(25)30-19-11-7-4-8-12-19/h3-14,20-22H,2,15-16H2,1H3/t20?,21-,22-,25-/m1/s1. The first-order chi connectivity index (χ1) is 14.6. The molecule has 0 radical (unpaired) electrons. The normalized spacial score (nSPS) is 27.7. The number of carbonyl (C=O) groups is 3. The third-order valence-corrected chi connectivity index (χ3v) is 7.46. The Balaban J connectivity index is 1.74. The van der Waals surface area contributed by atoms with E-state index in [2.05, 4.69) is 0 Å². The predicted molar refractivity (Wildman–Crippen MR) is 116 cm³/mol. The fourth-order valence-electron chi connectivity index (χ4n) is 4.67. The fraction of sp³-hybridized carbons (Fsp3) is 0.320. The second kappa shape index (κ2) is 8.60. The molecule has 0 bridgehead atoms. The molecule has 0 heterocycles. The second-order valence-corrected chi connectivity index (χ2v) is 9.03. The number of benzene rings is 2. The molecule has 1 spiro atoms. The number of esters is 1. The zero-order valence-corrected chi connectivity index (χ0v) is 17.6. The number of ether oxygens (including phenoxy) is 1. The Hall–Kier alpha value is -2.66. The lowest BCUT2D eigenvalue weighted by atomic mass is 9.47. The minimum atomic E-state index is -0.864. The number of thioether (sulfide) groups is 1. The zero-order chi connectivity index (χ0) is 21.1. The Morgan fingerprint density at radius 3 is 2.40 bits per heavy atom. The van der Waals surface area contributed by atoms with E-state index in [0.29, 0.717) is 12.8 Å². The third kappa shape index (κ3) is 3.63. The summed E-state index contributed by atoms with van der Waals surface area (Å²) in [5.74, 6) is -1.77. The van der Waals surface area contributed by atoms with Crippen LogP contribution in [0.4, 0.5) is 0 Å². The SMILES string of the molecule is CCOC(=O)[C@H]1C(=O)C(Cc2ccccc2)[C@@]12C=CC(=O)C[C@H]2Sc1ccccc1. The highest BCUT2D eigenvalue weighted by Gasteiger charge is 2.68. The van der Waals surface area contributed by atoms with Crippen LogP contribution in [-0.2, 0) is 25.5 Å². The maximum Gasteiger partial charge on any atom is 0.317 e. The molecule has 1 saturated carbocycles. The number of Topliss-reactive ketones (excluding diaryl/α,β-unsaturated/α-hetero) is 1. The first kappa shape index (κ1) is 20.6. The summed E-state index contributed by atoms with van der Waals surface area (Å²) in [5, 5.41) is -0.210. The van der Waals surface area contributed by atoms with Crippen LogP contribution in [0.1, 0.15) is 18.9 Å². The summed E-state index contributed by atoms with van der Waals surface area (Å²) in [4.78, 5) is 39.4. The molecule has 2 aliphatic rings. The first-order valence-electron chi connectivity index (χ1n) is 10.2. The van der Waals surface area contributed by atoms with E-state index in [1.54, 1.807) is 24.8 Å². The average molecular weight is 421 g/mol. The molecule has 30 heavy (non-hydrogen) atoms. The Labute approximate surface area is 180 Å². The smallest absolute Gasteiger partial charge is 0.317 e. The lowest BCUT2D eigenvalue weighted by Crippen LogP contribution is -2.66. The number of hydrogen-bond acceptors (Lipinski definition) is 5. The summed E-state index contributed by atoms with van der Waals surface area (Å²) in [7, 11) is 0. The molecule has 4 atom stereocenters. The largest absolute Gasteiger partial charge is 0.465 e. The maximum atomic E-state index is 13.2. The summed E-state index contributed by atoms with van der Waals surface area (Å²) in [6.45, 7) is 1.97. The van der Waals surface area contributed by atoms with Crippen LogP contribution >= 0.6 is 11.8 Å². The van der Waals surface area contributed by atoms with Gasteiger partial charge in [-0.3, -0.25) is 14.4 Å². The molecule has 0 aliphatic heterocycles. The van der Waals surface area contributed by atoms with Crippen LogP contribution in [0.5, 0.6) is 0 Å². The van der Waals surface area contributed by atoms with E-state index in [-0.39, 0.29) is 29.3 Å². The maximum absolute atomic E-state index is 13.2. The van der Waals surface area contributed by atoms with Gasteiger partial charge in [0.1, 0.15) is 5.92 Å².